The first kappa shape index (κ1) is 15.1. The van der Waals surface area contributed by atoms with Crippen LogP contribution in [0, 0.1) is 17.6 Å². The van der Waals surface area contributed by atoms with Gasteiger partial charge in [-0.05, 0) is 37.9 Å². The summed E-state index contributed by atoms with van der Waals surface area (Å²) in [6.07, 6.45) is 0.809. The molecule has 1 heterocycles. The number of hydrogen-bond donors (Lipinski definition) is 1. The van der Waals surface area contributed by atoms with E-state index in [4.69, 9.17) is 0 Å². The van der Waals surface area contributed by atoms with Gasteiger partial charge in [-0.2, -0.15) is 0 Å². The lowest BCUT2D eigenvalue weighted by molar-refractivity contribution is 0.0962. The number of halogens is 2. The lowest BCUT2D eigenvalue weighted by Crippen LogP contribution is -2.26. The molecule has 0 bridgehead atoms. The quantitative estimate of drug-likeness (QED) is 0.843. The summed E-state index contributed by atoms with van der Waals surface area (Å²) < 4.78 is 26.1. The van der Waals surface area contributed by atoms with Crippen molar-refractivity contribution in [3.8, 4) is 0 Å². The molecule has 1 fully saturated rings. The zero-order chi connectivity index (χ0) is 14.7. The van der Waals surface area contributed by atoms with Crippen molar-refractivity contribution < 1.29 is 18.7 Å². The summed E-state index contributed by atoms with van der Waals surface area (Å²) in [5, 5.41) is 9.51. The van der Waals surface area contributed by atoms with Crippen LogP contribution in [0.5, 0.6) is 0 Å². The average molecular weight is 283 g/mol. The Morgan fingerprint density at radius 1 is 1.40 bits per heavy atom. The normalized spacial score (nSPS) is 21.1. The molecule has 5 heteroatoms. The van der Waals surface area contributed by atoms with E-state index in [1.165, 1.54) is 0 Å². The highest BCUT2D eigenvalue weighted by Crippen LogP contribution is 2.20. The summed E-state index contributed by atoms with van der Waals surface area (Å²) in [4.78, 5) is 14.0. The van der Waals surface area contributed by atoms with E-state index >= 15 is 0 Å². The number of aliphatic hydroxyl groups excluding tert-OH is 1. The van der Waals surface area contributed by atoms with Crippen molar-refractivity contribution in [3.63, 3.8) is 0 Å². The zero-order valence-electron chi connectivity index (χ0n) is 11.5. The average Bonchev–Trinajstić information content (AvgIpc) is 2.83. The number of ketones is 1. The highest BCUT2D eigenvalue weighted by Gasteiger charge is 2.26. The van der Waals surface area contributed by atoms with Gasteiger partial charge in [0.15, 0.2) is 5.78 Å². The summed E-state index contributed by atoms with van der Waals surface area (Å²) >= 11 is 0. The highest BCUT2D eigenvalue weighted by molar-refractivity contribution is 5.96. The van der Waals surface area contributed by atoms with E-state index in [2.05, 4.69) is 4.90 Å². The van der Waals surface area contributed by atoms with Crippen molar-refractivity contribution >= 4 is 5.78 Å². The van der Waals surface area contributed by atoms with E-state index in [9.17, 15) is 18.7 Å². The molecule has 1 aliphatic rings. The van der Waals surface area contributed by atoms with Crippen molar-refractivity contribution in [3.05, 3.63) is 35.4 Å². The SMILES string of the molecule is CC(O)C1CCN(CCC(=O)c2cc(F)cc(F)c2)C1. The third kappa shape index (κ3) is 3.84. The predicted molar refractivity (Wildman–Crippen MR) is 71.5 cm³/mol. The van der Waals surface area contributed by atoms with Crippen LogP contribution in [0.3, 0.4) is 0 Å². The largest absolute Gasteiger partial charge is 0.393 e. The van der Waals surface area contributed by atoms with Crippen LogP contribution in [-0.2, 0) is 0 Å². The lowest BCUT2D eigenvalue weighted by atomic mass is 10.0. The number of carbonyl (C=O) groups excluding carboxylic acids is 1. The van der Waals surface area contributed by atoms with Crippen molar-refractivity contribution in [2.75, 3.05) is 19.6 Å². The molecule has 0 radical (unpaired) electrons. The second-order valence-corrected chi connectivity index (χ2v) is 5.42. The molecular weight excluding hydrogens is 264 g/mol. The van der Waals surface area contributed by atoms with Crippen LogP contribution in [0.25, 0.3) is 0 Å². The van der Waals surface area contributed by atoms with Gasteiger partial charge in [0.25, 0.3) is 0 Å². The Labute approximate surface area is 117 Å². The van der Waals surface area contributed by atoms with Gasteiger partial charge in [0.05, 0.1) is 6.10 Å². The Morgan fingerprint density at radius 3 is 2.60 bits per heavy atom. The molecule has 110 valence electrons. The standard InChI is InChI=1S/C15H19F2NO2/c1-10(19)11-2-4-18(9-11)5-3-15(20)12-6-13(16)8-14(17)7-12/h6-8,10-11,19H,2-5,9H2,1H3. The van der Waals surface area contributed by atoms with Gasteiger partial charge in [0.2, 0.25) is 0 Å². The predicted octanol–water partition coefficient (Wildman–Crippen LogP) is 2.24. The van der Waals surface area contributed by atoms with Gasteiger partial charge >= 0.3 is 0 Å². The molecule has 1 aliphatic heterocycles. The molecule has 20 heavy (non-hydrogen) atoms. The van der Waals surface area contributed by atoms with Crippen LogP contribution < -0.4 is 0 Å². The number of likely N-dealkylation sites (tertiary alicyclic amines) is 1. The van der Waals surface area contributed by atoms with Gasteiger partial charge < -0.3 is 10.0 Å². The van der Waals surface area contributed by atoms with E-state index < -0.39 is 11.6 Å². The molecule has 0 aliphatic carbocycles. The summed E-state index contributed by atoms with van der Waals surface area (Å²) in [5.74, 6) is -1.48. The minimum absolute atomic E-state index is 0.0776. The molecule has 0 amide bonds. The van der Waals surface area contributed by atoms with Crippen LogP contribution in [0.4, 0.5) is 8.78 Å². The molecule has 1 aromatic carbocycles. The Balaban J connectivity index is 1.87. The first-order valence-electron chi connectivity index (χ1n) is 6.85. The third-order valence-electron chi connectivity index (χ3n) is 3.83. The molecule has 2 rings (SSSR count). The molecule has 0 spiro atoms. The van der Waals surface area contributed by atoms with E-state index in [1.54, 1.807) is 6.92 Å². The monoisotopic (exact) mass is 283 g/mol. The van der Waals surface area contributed by atoms with Gasteiger partial charge in [-0.25, -0.2) is 8.78 Å². The van der Waals surface area contributed by atoms with E-state index in [0.717, 1.165) is 37.7 Å². The van der Waals surface area contributed by atoms with Crippen LogP contribution in [0.2, 0.25) is 0 Å². The first-order valence-corrected chi connectivity index (χ1v) is 6.85. The van der Waals surface area contributed by atoms with E-state index in [0.29, 0.717) is 6.54 Å². The molecule has 1 aromatic rings. The Hall–Kier alpha value is -1.33. The number of Topliss-reactive ketones (excluding diaryl/α,β-unsaturated/α-hetero) is 1. The minimum atomic E-state index is -0.733. The maximum Gasteiger partial charge on any atom is 0.164 e. The van der Waals surface area contributed by atoms with Crippen molar-refractivity contribution in [2.45, 2.75) is 25.9 Å². The number of rotatable bonds is 5. The fourth-order valence-corrected chi connectivity index (χ4v) is 2.58. The second kappa shape index (κ2) is 6.41. The topological polar surface area (TPSA) is 40.5 Å². The number of aliphatic hydroxyl groups is 1. The van der Waals surface area contributed by atoms with Crippen molar-refractivity contribution in [2.24, 2.45) is 5.92 Å². The van der Waals surface area contributed by atoms with Gasteiger partial charge in [0, 0.05) is 31.1 Å². The van der Waals surface area contributed by atoms with E-state index in [1.807, 2.05) is 0 Å². The summed E-state index contributed by atoms with van der Waals surface area (Å²) in [5.41, 5.74) is 0.0776. The van der Waals surface area contributed by atoms with Gasteiger partial charge in [-0.3, -0.25) is 4.79 Å². The molecule has 3 nitrogen and oxygen atoms in total. The van der Waals surface area contributed by atoms with Crippen LogP contribution in [-0.4, -0.2) is 41.5 Å². The highest BCUT2D eigenvalue weighted by atomic mass is 19.1. The molecule has 0 saturated carbocycles. The molecule has 2 atom stereocenters. The minimum Gasteiger partial charge on any atom is -0.393 e. The van der Waals surface area contributed by atoms with Crippen LogP contribution >= 0.6 is 0 Å². The maximum atomic E-state index is 13.0. The Bertz CT molecular complexity index is 471. The van der Waals surface area contributed by atoms with Crippen molar-refractivity contribution in [1.82, 2.24) is 4.90 Å². The number of benzene rings is 1. The maximum absolute atomic E-state index is 13.0. The number of nitrogens with zero attached hydrogens (tertiary/aromatic N) is 1. The number of hydrogen-bond acceptors (Lipinski definition) is 3. The molecule has 0 aromatic heterocycles. The fraction of sp³-hybridized carbons (Fsp3) is 0.533. The fourth-order valence-electron chi connectivity index (χ4n) is 2.58. The summed E-state index contributed by atoms with van der Waals surface area (Å²) in [7, 11) is 0. The summed E-state index contributed by atoms with van der Waals surface area (Å²) in [6.45, 7) is 3.94. The summed E-state index contributed by atoms with van der Waals surface area (Å²) in [6, 6.07) is 2.88. The molecule has 2 unspecified atom stereocenters. The second-order valence-electron chi connectivity index (χ2n) is 5.42. The Morgan fingerprint density at radius 2 is 2.05 bits per heavy atom. The van der Waals surface area contributed by atoms with Crippen LogP contribution in [0.15, 0.2) is 18.2 Å². The molecular formula is C15H19F2NO2. The first-order chi connectivity index (χ1) is 9.45. The lowest BCUT2D eigenvalue weighted by Gasteiger charge is -2.16. The van der Waals surface area contributed by atoms with Gasteiger partial charge in [0.1, 0.15) is 11.6 Å². The zero-order valence-corrected chi connectivity index (χ0v) is 11.5. The van der Waals surface area contributed by atoms with Gasteiger partial charge in [-0.1, -0.05) is 0 Å². The van der Waals surface area contributed by atoms with E-state index in [-0.39, 0.29) is 29.8 Å². The molecule has 1 saturated heterocycles. The van der Waals surface area contributed by atoms with Gasteiger partial charge in [-0.15, -0.1) is 0 Å². The Kier molecular flexibility index (Phi) is 4.83. The molecule has 1 N–H and O–H groups in total. The third-order valence-corrected chi connectivity index (χ3v) is 3.83. The van der Waals surface area contributed by atoms with Crippen molar-refractivity contribution in [1.29, 1.82) is 0 Å². The number of carbonyl (C=O) groups is 1. The smallest absolute Gasteiger partial charge is 0.164 e. The van der Waals surface area contributed by atoms with Crippen LogP contribution in [0.1, 0.15) is 30.1 Å².